The lowest BCUT2D eigenvalue weighted by molar-refractivity contribution is 0.668. The van der Waals surface area contributed by atoms with Crippen molar-refractivity contribution in [3.63, 3.8) is 0 Å². The molecule has 0 saturated heterocycles. The Morgan fingerprint density at radius 2 is 0.784 bits per heavy atom. The van der Waals surface area contributed by atoms with Crippen LogP contribution >= 0.6 is 0 Å². The van der Waals surface area contributed by atoms with E-state index in [1.807, 2.05) is 24.3 Å². The zero-order chi connectivity index (χ0) is 33.7. The van der Waals surface area contributed by atoms with Gasteiger partial charge in [0.2, 0.25) is 0 Å². The van der Waals surface area contributed by atoms with Crippen LogP contribution in [-0.4, -0.2) is 0 Å². The summed E-state index contributed by atoms with van der Waals surface area (Å²) in [5, 5.41) is 4.39. The number of rotatable bonds is 6. The highest BCUT2D eigenvalue weighted by Crippen LogP contribution is 2.48. The number of anilines is 3. The highest BCUT2D eigenvalue weighted by Gasteiger charge is 2.24. The van der Waals surface area contributed by atoms with Gasteiger partial charge in [-0.15, -0.1) is 0 Å². The van der Waals surface area contributed by atoms with E-state index < -0.39 is 0 Å². The van der Waals surface area contributed by atoms with Gasteiger partial charge in [-0.2, -0.15) is 0 Å². The van der Waals surface area contributed by atoms with E-state index in [0.29, 0.717) is 0 Å². The monoisotopic (exact) mass is 653 g/mol. The van der Waals surface area contributed by atoms with Crippen molar-refractivity contribution in [1.29, 1.82) is 0 Å². The standard InChI is InChI=1S/C48H31NO2/c1-2-13-32(14-3-1)33-25-27-34(28-26-33)36-15-4-8-19-41(36)49(43-21-12-24-46-48(43)40-18-7-11-23-45(40)50-46)42-20-9-5-16-37(42)35-29-30-39-38-17-6-10-22-44(38)51-47(39)31-35/h1-31H. The molecule has 0 saturated carbocycles. The summed E-state index contributed by atoms with van der Waals surface area (Å²) in [4.78, 5) is 2.41. The van der Waals surface area contributed by atoms with Gasteiger partial charge in [0.15, 0.2) is 0 Å². The topological polar surface area (TPSA) is 29.5 Å². The molecule has 0 aliphatic carbocycles. The van der Waals surface area contributed by atoms with Gasteiger partial charge in [0, 0.05) is 27.3 Å². The molecule has 2 heterocycles. The Balaban J connectivity index is 1.21. The summed E-state index contributed by atoms with van der Waals surface area (Å²) in [6.07, 6.45) is 0. The third kappa shape index (κ3) is 4.90. The minimum absolute atomic E-state index is 0.851. The highest BCUT2D eigenvalue weighted by atomic mass is 16.3. The fourth-order valence-electron chi connectivity index (χ4n) is 7.52. The molecule has 0 aliphatic heterocycles. The zero-order valence-electron chi connectivity index (χ0n) is 27.7. The SMILES string of the molecule is c1ccc(-c2ccc(-c3ccccc3N(c3ccccc3-c3ccc4c(c3)oc3ccccc34)c3cccc4oc5ccccc5c34)cc2)cc1. The minimum Gasteiger partial charge on any atom is -0.456 e. The molecule has 0 amide bonds. The molecule has 240 valence electrons. The maximum absolute atomic E-state index is 6.44. The molecule has 0 unspecified atom stereocenters. The molecular weight excluding hydrogens is 623 g/mol. The Morgan fingerprint density at radius 1 is 0.294 bits per heavy atom. The largest absolute Gasteiger partial charge is 0.456 e. The quantitative estimate of drug-likeness (QED) is 0.179. The maximum atomic E-state index is 6.44. The zero-order valence-corrected chi connectivity index (χ0v) is 27.7. The van der Waals surface area contributed by atoms with Gasteiger partial charge in [0.05, 0.1) is 22.4 Å². The van der Waals surface area contributed by atoms with Gasteiger partial charge in [0.1, 0.15) is 22.3 Å². The number of hydrogen-bond donors (Lipinski definition) is 0. The van der Waals surface area contributed by atoms with Crippen molar-refractivity contribution in [2.75, 3.05) is 4.90 Å². The van der Waals surface area contributed by atoms with Crippen LogP contribution in [0, 0.1) is 0 Å². The summed E-state index contributed by atoms with van der Waals surface area (Å²) in [6, 6.07) is 66.2. The lowest BCUT2D eigenvalue weighted by Crippen LogP contribution is -2.12. The molecule has 2 aromatic heterocycles. The van der Waals surface area contributed by atoms with Crippen LogP contribution in [0.3, 0.4) is 0 Å². The van der Waals surface area contributed by atoms with Crippen molar-refractivity contribution in [2.45, 2.75) is 0 Å². The average Bonchev–Trinajstić information content (AvgIpc) is 3.77. The van der Waals surface area contributed by atoms with Gasteiger partial charge in [0.25, 0.3) is 0 Å². The smallest absolute Gasteiger partial charge is 0.137 e. The average molecular weight is 654 g/mol. The molecule has 0 fully saturated rings. The van der Waals surface area contributed by atoms with E-state index in [1.165, 1.54) is 11.1 Å². The van der Waals surface area contributed by atoms with Gasteiger partial charge in [-0.25, -0.2) is 0 Å². The van der Waals surface area contributed by atoms with Crippen LogP contribution in [0.1, 0.15) is 0 Å². The number of benzene rings is 8. The highest BCUT2D eigenvalue weighted by molar-refractivity contribution is 6.14. The Morgan fingerprint density at radius 3 is 1.55 bits per heavy atom. The number of fused-ring (bicyclic) bond motifs is 6. The summed E-state index contributed by atoms with van der Waals surface area (Å²) in [7, 11) is 0. The van der Waals surface area contributed by atoms with E-state index in [2.05, 4.69) is 169 Å². The Hall–Kier alpha value is -6.84. The predicted molar refractivity (Wildman–Crippen MR) is 212 cm³/mol. The fourth-order valence-corrected chi connectivity index (χ4v) is 7.52. The molecule has 51 heavy (non-hydrogen) atoms. The van der Waals surface area contributed by atoms with Crippen LogP contribution in [0.4, 0.5) is 17.1 Å². The molecule has 3 heteroatoms. The van der Waals surface area contributed by atoms with Crippen molar-refractivity contribution in [2.24, 2.45) is 0 Å². The van der Waals surface area contributed by atoms with Crippen molar-refractivity contribution in [3.8, 4) is 33.4 Å². The maximum Gasteiger partial charge on any atom is 0.137 e. The van der Waals surface area contributed by atoms with Crippen LogP contribution in [0.2, 0.25) is 0 Å². The lowest BCUT2D eigenvalue weighted by Gasteiger charge is -2.30. The van der Waals surface area contributed by atoms with Crippen LogP contribution in [0.15, 0.2) is 197 Å². The summed E-state index contributed by atoms with van der Waals surface area (Å²) in [6.45, 7) is 0. The first-order valence-corrected chi connectivity index (χ1v) is 17.3. The first-order chi connectivity index (χ1) is 25.3. The van der Waals surface area contributed by atoms with E-state index in [-0.39, 0.29) is 0 Å². The summed E-state index contributed by atoms with van der Waals surface area (Å²) < 4.78 is 12.8. The second-order valence-corrected chi connectivity index (χ2v) is 12.9. The van der Waals surface area contributed by atoms with Crippen molar-refractivity contribution in [3.05, 3.63) is 188 Å². The number of furan rings is 2. The predicted octanol–water partition coefficient (Wildman–Crippen LogP) is 14.0. The molecule has 0 bridgehead atoms. The molecule has 10 aromatic rings. The molecule has 0 atom stereocenters. The van der Waals surface area contributed by atoms with E-state index in [9.17, 15) is 0 Å². The van der Waals surface area contributed by atoms with Crippen LogP contribution < -0.4 is 4.90 Å². The van der Waals surface area contributed by atoms with Crippen molar-refractivity contribution in [1.82, 2.24) is 0 Å². The second-order valence-electron chi connectivity index (χ2n) is 12.9. The first kappa shape index (κ1) is 29.1. The fraction of sp³-hybridized carbons (Fsp3) is 0. The van der Waals surface area contributed by atoms with Gasteiger partial charge < -0.3 is 13.7 Å². The molecule has 0 radical (unpaired) electrons. The third-order valence-corrected chi connectivity index (χ3v) is 9.90. The number of nitrogens with zero attached hydrogens (tertiary/aromatic N) is 1. The molecule has 3 nitrogen and oxygen atoms in total. The van der Waals surface area contributed by atoms with Crippen LogP contribution in [0.25, 0.3) is 77.3 Å². The molecule has 8 aromatic carbocycles. The van der Waals surface area contributed by atoms with Crippen molar-refractivity contribution >= 4 is 60.9 Å². The lowest BCUT2D eigenvalue weighted by atomic mass is 9.96. The van der Waals surface area contributed by atoms with E-state index >= 15 is 0 Å². The van der Waals surface area contributed by atoms with E-state index in [1.54, 1.807) is 0 Å². The molecule has 0 spiro atoms. The summed E-state index contributed by atoms with van der Waals surface area (Å²) in [5.74, 6) is 0. The van der Waals surface area contributed by atoms with Gasteiger partial charge in [-0.1, -0.05) is 140 Å². The Kier molecular flexibility index (Phi) is 6.81. The van der Waals surface area contributed by atoms with Gasteiger partial charge >= 0.3 is 0 Å². The van der Waals surface area contributed by atoms with Crippen molar-refractivity contribution < 1.29 is 8.83 Å². The van der Waals surface area contributed by atoms with Gasteiger partial charge in [-0.05, 0) is 70.8 Å². The second kappa shape index (κ2) is 11.9. The Labute approximate surface area is 295 Å². The summed E-state index contributed by atoms with van der Waals surface area (Å²) in [5.41, 5.74) is 13.5. The summed E-state index contributed by atoms with van der Waals surface area (Å²) >= 11 is 0. The third-order valence-electron chi connectivity index (χ3n) is 9.90. The first-order valence-electron chi connectivity index (χ1n) is 17.3. The van der Waals surface area contributed by atoms with Crippen LogP contribution in [-0.2, 0) is 0 Å². The Bertz CT molecular complexity index is 2860. The molecule has 0 N–H and O–H groups in total. The number of para-hydroxylation sites is 4. The molecule has 0 aliphatic rings. The van der Waals surface area contributed by atoms with Crippen LogP contribution in [0.5, 0.6) is 0 Å². The van der Waals surface area contributed by atoms with E-state index in [4.69, 9.17) is 8.83 Å². The normalized spacial score (nSPS) is 11.5. The minimum atomic E-state index is 0.851. The molecular formula is C48H31NO2. The van der Waals surface area contributed by atoms with E-state index in [0.717, 1.165) is 83.2 Å². The molecule has 10 rings (SSSR count). The number of hydrogen-bond acceptors (Lipinski definition) is 3. The van der Waals surface area contributed by atoms with Gasteiger partial charge in [-0.3, -0.25) is 0 Å².